The summed E-state index contributed by atoms with van der Waals surface area (Å²) in [5.74, 6) is 1.03. The Morgan fingerprint density at radius 2 is 1.88 bits per heavy atom. The van der Waals surface area contributed by atoms with E-state index in [0.717, 1.165) is 16.7 Å². The second kappa shape index (κ2) is 5.93. The van der Waals surface area contributed by atoms with Gasteiger partial charge < -0.3 is 14.6 Å². The Hall–Kier alpha value is -2.79. The number of nitrogens with zero attached hydrogens (tertiary/aromatic N) is 3. The molecule has 0 aliphatic carbocycles. The number of imidazole rings is 1. The first-order valence-electron chi connectivity index (χ1n) is 8.10. The Kier molecular flexibility index (Phi) is 3.73. The van der Waals surface area contributed by atoms with E-state index in [1.54, 1.807) is 17.0 Å². The topological polar surface area (TPSA) is 65.1 Å². The molecule has 5 nitrogen and oxygen atoms in total. The molecule has 126 valence electrons. The van der Waals surface area contributed by atoms with E-state index in [1.165, 1.54) is 0 Å². The molecular formula is C19H17ClN4O. The van der Waals surface area contributed by atoms with E-state index in [-0.39, 0.29) is 18.1 Å². The van der Waals surface area contributed by atoms with Gasteiger partial charge in [0, 0.05) is 17.3 Å². The molecule has 2 aromatic carbocycles. The molecule has 1 aliphatic rings. The molecule has 0 spiro atoms. The van der Waals surface area contributed by atoms with E-state index < -0.39 is 0 Å². The second-order valence-electron chi connectivity index (χ2n) is 5.90. The first-order chi connectivity index (χ1) is 12.1. The third-order valence-electron chi connectivity index (χ3n) is 4.44. The van der Waals surface area contributed by atoms with Crippen molar-refractivity contribution in [2.45, 2.75) is 13.5 Å². The van der Waals surface area contributed by atoms with Crippen molar-refractivity contribution < 1.29 is 5.11 Å². The Labute approximate surface area is 150 Å². The van der Waals surface area contributed by atoms with Gasteiger partial charge in [0.15, 0.2) is 0 Å². The number of aryl methyl sites for hydroxylation is 1. The number of rotatable bonds is 3. The molecule has 0 saturated heterocycles. The average molecular weight is 353 g/mol. The van der Waals surface area contributed by atoms with Crippen LogP contribution < -0.4 is 4.90 Å². The van der Waals surface area contributed by atoms with Crippen LogP contribution in [0, 0.1) is 5.41 Å². The van der Waals surface area contributed by atoms with Crippen LogP contribution >= 0.6 is 11.6 Å². The number of anilines is 1. The van der Waals surface area contributed by atoms with Gasteiger partial charge in [-0.3, -0.25) is 5.41 Å². The van der Waals surface area contributed by atoms with Gasteiger partial charge in [0.05, 0.1) is 23.2 Å². The standard InChI is InChI=1S/C19H17ClN4O/c1-2-23-15-6-4-3-5-14(15)22-19(23)17-16(25)11-24(18(17)21)13-9-7-12(20)8-10-13/h3-10,21,25H,2,11H2,1H3. The summed E-state index contributed by atoms with van der Waals surface area (Å²) >= 11 is 5.95. The summed E-state index contributed by atoms with van der Waals surface area (Å²) in [6.07, 6.45) is 0. The van der Waals surface area contributed by atoms with Crippen LogP contribution in [0.5, 0.6) is 0 Å². The molecule has 4 rings (SSSR count). The maximum Gasteiger partial charge on any atom is 0.148 e. The molecular weight excluding hydrogens is 336 g/mol. The number of aliphatic hydroxyl groups excluding tert-OH is 1. The Morgan fingerprint density at radius 3 is 2.60 bits per heavy atom. The Balaban J connectivity index is 1.79. The van der Waals surface area contributed by atoms with Gasteiger partial charge in [0.1, 0.15) is 17.4 Å². The SMILES string of the molecule is CCn1c(C2=C(O)CN(c3ccc(Cl)cc3)C2=N)nc2ccccc21. The second-order valence-corrected chi connectivity index (χ2v) is 6.34. The van der Waals surface area contributed by atoms with Crippen molar-refractivity contribution in [3.63, 3.8) is 0 Å². The van der Waals surface area contributed by atoms with Gasteiger partial charge in [-0.05, 0) is 43.3 Å². The molecule has 2 heterocycles. The number of hydrogen-bond acceptors (Lipinski definition) is 3. The van der Waals surface area contributed by atoms with Gasteiger partial charge in [-0.25, -0.2) is 4.98 Å². The fraction of sp³-hybridized carbons (Fsp3) is 0.158. The summed E-state index contributed by atoms with van der Waals surface area (Å²) < 4.78 is 2.03. The fourth-order valence-electron chi connectivity index (χ4n) is 3.24. The summed E-state index contributed by atoms with van der Waals surface area (Å²) in [6, 6.07) is 15.1. The zero-order valence-electron chi connectivity index (χ0n) is 13.7. The molecule has 25 heavy (non-hydrogen) atoms. The van der Waals surface area contributed by atoms with E-state index in [2.05, 4.69) is 4.98 Å². The van der Waals surface area contributed by atoms with Gasteiger partial charge in [-0.1, -0.05) is 23.7 Å². The van der Waals surface area contributed by atoms with E-state index in [9.17, 15) is 5.11 Å². The van der Waals surface area contributed by atoms with Crippen LogP contribution in [0.25, 0.3) is 16.6 Å². The normalized spacial score (nSPS) is 14.8. The molecule has 0 radical (unpaired) electrons. The van der Waals surface area contributed by atoms with Gasteiger partial charge in [0.25, 0.3) is 0 Å². The van der Waals surface area contributed by atoms with Crippen molar-refractivity contribution in [1.29, 1.82) is 5.41 Å². The summed E-state index contributed by atoms with van der Waals surface area (Å²) in [5.41, 5.74) is 3.15. The highest BCUT2D eigenvalue weighted by atomic mass is 35.5. The molecule has 0 atom stereocenters. The molecule has 0 unspecified atom stereocenters. The lowest BCUT2D eigenvalue weighted by atomic mass is 10.2. The number of fused-ring (bicyclic) bond motifs is 1. The van der Waals surface area contributed by atoms with Gasteiger partial charge in [-0.2, -0.15) is 0 Å². The first kappa shape index (κ1) is 15.7. The number of hydrogen-bond donors (Lipinski definition) is 2. The highest BCUT2D eigenvalue weighted by Crippen LogP contribution is 2.32. The van der Waals surface area contributed by atoms with Gasteiger partial charge in [-0.15, -0.1) is 0 Å². The van der Waals surface area contributed by atoms with Crippen LogP contribution in [0.3, 0.4) is 0 Å². The molecule has 0 fully saturated rings. The van der Waals surface area contributed by atoms with Crippen molar-refractivity contribution in [1.82, 2.24) is 9.55 Å². The number of amidine groups is 1. The average Bonchev–Trinajstić information content (AvgIpc) is 3.12. The zero-order valence-corrected chi connectivity index (χ0v) is 14.5. The Morgan fingerprint density at radius 1 is 1.16 bits per heavy atom. The highest BCUT2D eigenvalue weighted by Gasteiger charge is 2.32. The number of benzene rings is 2. The Bertz CT molecular complexity index is 1000. The quantitative estimate of drug-likeness (QED) is 0.730. The van der Waals surface area contributed by atoms with Gasteiger partial charge in [0.2, 0.25) is 0 Å². The number of aliphatic hydroxyl groups is 1. The summed E-state index contributed by atoms with van der Waals surface area (Å²) in [4.78, 5) is 6.42. The molecule has 3 aromatic rings. The minimum Gasteiger partial charge on any atom is -0.509 e. The van der Waals surface area contributed by atoms with Crippen molar-refractivity contribution >= 4 is 39.7 Å². The minimum atomic E-state index is 0.157. The molecule has 0 bridgehead atoms. The molecule has 1 aliphatic heterocycles. The number of para-hydroxylation sites is 2. The monoisotopic (exact) mass is 352 g/mol. The zero-order chi connectivity index (χ0) is 17.6. The van der Waals surface area contributed by atoms with Crippen LogP contribution in [0.4, 0.5) is 5.69 Å². The molecule has 0 amide bonds. The lowest BCUT2D eigenvalue weighted by Gasteiger charge is -2.19. The fourth-order valence-corrected chi connectivity index (χ4v) is 3.37. The van der Waals surface area contributed by atoms with Crippen molar-refractivity contribution in [2.24, 2.45) is 0 Å². The van der Waals surface area contributed by atoms with Crippen LogP contribution in [0.1, 0.15) is 12.7 Å². The largest absolute Gasteiger partial charge is 0.509 e. The number of nitrogens with one attached hydrogen (secondary N) is 1. The molecule has 1 aromatic heterocycles. The van der Waals surface area contributed by atoms with Crippen LogP contribution in [-0.2, 0) is 6.54 Å². The van der Waals surface area contributed by atoms with E-state index in [4.69, 9.17) is 17.0 Å². The maximum absolute atomic E-state index is 10.6. The third kappa shape index (κ3) is 2.48. The smallest absolute Gasteiger partial charge is 0.148 e. The highest BCUT2D eigenvalue weighted by molar-refractivity contribution is 6.31. The molecule has 2 N–H and O–H groups in total. The predicted molar refractivity (Wildman–Crippen MR) is 101 cm³/mol. The number of halogens is 1. The molecule has 6 heteroatoms. The van der Waals surface area contributed by atoms with E-state index >= 15 is 0 Å². The number of aromatic nitrogens is 2. The maximum atomic E-state index is 10.6. The lowest BCUT2D eigenvalue weighted by molar-refractivity contribution is 0.411. The first-order valence-corrected chi connectivity index (χ1v) is 8.47. The van der Waals surface area contributed by atoms with Crippen molar-refractivity contribution in [3.05, 3.63) is 65.1 Å². The molecule has 0 saturated carbocycles. The third-order valence-corrected chi connectivity index (χ3v) is 4.69. The van der Waals surface area contributed by atoms with Crippen LogP contribution in [-0.4, -0.2) is 27.0 Å². The van der Waals surface area contributed by atoms with Crippen LogP contribution in [0.2, 0.25) is 5.02 Å². The summed E-state index contributed by atoms with van der Waals surface area (Å²) in [5, 5.41) is 19.8. The summed E-state index contributed by atoms with van der Waals surface area (Å²) in [6.45, 7) is 2.99. The predicted octanol–water partition coefficient (Wildman–Crippen LogP) is 4.48. The minimum absolute atomic E-state index is 0.157. The van der Waals surface area contributed by atoms with Crippen LogP contribution in [0.15, 0.2) is 54.3 Å². The van der Waals surface area contributed by atoms with Crippen molar-refractivity contribution in [3.8, 4) is 0 Å². The van der Waals surface area contributed by atoms with E-state index in [1.807, 2.05) is 47.9 Å². The van der Waals surface area contributed by atoms with Gasteiger partial charge >= 0.3 is 0 Å². The lowest BCUT2D eigenvalue weighted by Crippen LogP contribution is -2.26. The summed E-state index contributed by atoms with van der Waals surface area (Å²) in [7, 11) is 0. The van der Waals surface area contributed by atoms with Crippen molar-refractivity contribution in [2.75, 3.05) is 11.4 Å². The van der Waals surface area contributed by atoms with E-state index in [0.29, 0.717) is 23.0 Å².